The zero-order chi connectivity index (χ0) is 27.0. The van der Waals surface area contributed by atoms with Crippen LogP contribution in [0.15, 0.2) is 28.0 Å². The summed E-state index contributed by atoms with van der Waals surface area (Å²) < 4.78 is 19.7. The summed E-state index contributed by atoms with van der Waals surface area (Å²) in [6.07, 6.45) is 0.816. The fourth-order valence-corrected chi connectivity index (χ4v) is 2.39. The van der Waals surface area contributed by atoms with Crippen LogP contribution in [0.5, 0.6) is 17.2 Å². The fourth-order valence-electron chi connectivity index (χ4n) is 2.33. The molecule has 16 heteroatoms. The second-order valence-electron chi connectivity index (χ2n) is 6.43. The molecule has 190 valence electrons. The maximum atomic E-state index is 12.6. The molecule has 1 heterocycles. The van der Waals surface area contributed by atoms with Crippen molar-refractivity contribution in [2.24, 2.45) is 5.16 Å². The van der Waals surface area contributed by atoms with Crippen molar-refractivity contribution in [2.45, 2.75) is 20.8 Å². The van der Waals surface area contributed by atoms with Gasteiger partial charge in [-0.1, -0.05) is 5.16 Å². The summed E-state index contributed by atoms with van der Waals surface area (Å²) in [6, 6.07) is 1.41. The van der Waals surface area contributed by atoms with Gasteiger partial charge in [-0.05, 0) is 12.1 Å². The average Bonchev–Trinajstić information content (AvgIpc) is 3.22. The number of halogens is 1. The Morgan fingerprint density at radius 2 is 1.56 bits per heavy atom. The highest BCUT2D eigenvalue weighted by atomic mass is 35.5. The predicted molar refractivity (Wildman–Crippen MR) is 116 cm³/mol. The minimum Gasteiger partial charge on any atom is -0.476 e. The molecule has 0 saturated carbocycles. The molecule has 0 fully saturated rings. The number of alkyl halides is 1. The maximum Gasteiger partial charge on any atom is 0.366 e. The second-order valence-corrected chi connectivity index (χ2v) is 6.69. The number of aromatic nitrogens is 1. The molecule has 2 N–H and O–H groups in total. The topological polar surface area (TPSA) is 210 Å². The van der Waals surface area contributed by atoms with Crippen LogP contribution in [-0.2, 0) is 28.8 Å². The molecule has 1 aromatic heterocycles. The number of aliphatic carboxylic acids is 1. The quantitative estimate of drug-likeness (QED) is 0.118. The summed E-state index contributed by atoms with van der Waals surface area (Å²) in [7, 11) is 0. The molecule has 1 amide bonds. The van der Waals surface area contributed by atoms with E-state index in [0.29, 0.717) is 0 Å². The number of carbonyl (C=O) groups is 6. The number of hydrogen-bond acceptors (Lipinski definition) is 13. The van der Waals surface area contributed by atoms with Crippen LogP contribution in [0.3, 0.4) is 0 Å². The number of oxazole rings is 1. The highest BCUT2D eigenvalue weighted by Crippen LogP contribution is 2.39. The Morgan fingerprint density at radius 3 is 2.03 bits per heavy atom. The number of rotatable bonds is 9. The minimum absolute atomic E-state index is 0.394. The standard InChI is InChI=1S/C20H16ClN3O12/c1-8(25)33-13-4-11(5-14(34-9(2)26)17(13)35-10(3)27)19(31)36-24-16(18(29)30)12-7-32-20(22-12)23-15(28)6-21/h4-5,7H,6H2,1-3H3,(H,29,30)(H,22,23,28)/b24-16-. The first-order valence-electron chi connectivity index (χ1n) is 9.48. The number of ether oxygens (including phenoxy) is 3. The molecule has 0 aliphatic rings. The van der Waals surface area contributed by atoms with Gasteiger partial charge in [0.1, 0.15) is 17.8 Å². The highest BCUT2D eigenvalue weighted by Gasteiger charge is 2.25. The number of amides is 1. The van der Waals surface area contributed by atoms with E-state index in [1.54, 1.807) is 0 Å². The van der Waals surface area contributed by atoms with E-state index >= 15 is 0 Å². The summed E-state index contributed by atoms with van der Waals surface area (Å²) in [5.74, 6) is -8.16. The van der Waals surface area contributed by atoms with Crippen molar-refractivity contribution in [2.75, 3.05) is 11.2 Å². The van der Waals surface area contributed by atoms with Crippen LogP contribution < -0.4 is 19.5 Å². The number of carbonyl (C=O) groups excluding carboxylic acids is 5. The van der Waals surface area contributed by atoms with Crippen LogP contribution in [0.25, 0.3) is 0 Å². The first kappa shape index (κ1) is 27.5. The second kappa shape index (κ2) is 12.1. The Labute approximate surface area is 205 Å². The number of nitrogens with zero attached hydrogens (tertiary/aromatic N) is 2. The molecule has 15 nitrogen and oxygen atoms in total. The van der Waals surface area contributed by atoms with Gasteiger partial charge in [0.05, 0.1) is 5.56 Å². The number of anilines is 1. The van der Waals surface area contributed by atoms with E-state index in [-0.39, 0.29) is 0 Å². The highest BCUT2D eigenvalue weighted by molar-refractivity contribution is 6.41. The molecule has 1 aromatic carbocycles. The van der Waals surface area contributed by atoms with Crippen molar-refractivity contribution in [3.8, 4) is 17.2 Å². The van der Waals surface area contributed by atoms with E-state index in [1.807, 2.05) is 0 Å². The van der Waals surface area contributed by atoms with Crippen molar-refractivity contribution in [1.82, 2.24) is 4.98 Å². The molecule has 0 aliphatic carbocycles. The molecule has 0 aliphatic heterocycles. The third kappa shape index (κ3) is 7.63. The first-order chi connectivity index (χ1) is 16.9. The van der Waals surface area contributed by atoms with Crippen LogP contribution in [0.1, 0.15) is 36.8 Å². The van der Waals surface area contributed by atoms with Gasteiger partial charge in [0, 0.05) is 20.8 Å². The Balaban J connectivity index is 2.43. The number of nitrogens with one attached hydrogen (secondary N) is 1. The molecule has 0 atom stereocenters. The van der Waals surface area contributed by atoms with Crippen molar-refractivity contribution >= 4 is 59.1 Å². The van der Waals surface area contributed by atoms with Crippen molar-refractivity contribution < 1.29 is 57.3 Å². The number of carboxylic acid groups (broad SMARTS) is 1. The molecular weight excluding hydrogens is 510 g/mol. The Kier molecular flexibility index (Phi) is 9.21. The molecule has 0 radical (unpaired) electrons. The minimum atomic E-state index is -1.68. The zero-order valence-electron chi connectivity index (χ0n) is 18.6. The monoisotopic (exact) mass is 525 g/mol. The number of esters is 3. The average molecular weight is 526 g/mol. The van der Waals surface area contributed by atoms with Gasteiger partial charge in [0.15, 0.2) is 11.5 Å². The van der Waals surface area contributed by atoms with Crippen LogP contribution in [0, 0.1) is 0 Å². The van der Waals surface area contributed by atoms with Gasteiger partial charge in [-0.15, -0.1) is 11.6 Å². The third-order valence-corrected chi connectivity index (χ3v) is 3.79. The van der Waals surface area contributed by atoms with E-state index in [0.717, 1.165) is 39.2 Å². The van der Waals surface area contributed by atoms with Crippen LogP contribution >= 0.6 is 11.6 Å². The smallest absolute Gasteiger partial charge is 0.366 e. The van der Waals surface area contributed by atoms with Crippen molar-refractivity contribution in [3.63, 3.8) is 0 Å². The molecular formula is C20H16ClN3O12. The van der Waals surface area contributed by atoms with Gasteiger partial charge in [0.2, 0.25) is 17.4 Å². The summed E-state index contributed by atoms with van der Waals surface area (Å²) >= 11 is 5.34. The van der Waals surface area contributed by atoms with Crippen LogP contribution in [-0.4, -0.2) is 57.4 Å². The van der Waals surface area contributed by atoms with E-state index < -0.39 is 81.9 Å². The van der Waals surface area contributed by atoms with Gasteiger partial charge in [-0.2, -0.15) is 4.98 Å². The first-order valence-corrected chi connectivity index (χ1v) is 10.0. The Hall–Kier alpha value is -4.79. The predicted octanol–water partition coefficient (Wildman–Crippen LogP) is 1.27. The zero-order valence-corrected chi connectivity index (χ0v) is 19.4. The van der Waals surface area contributed by atoms with Crippen LogP contribution in [0.4, 0.5) is 6.01 Å². The normalized spacial score (nSPS) is 10.7. The fraction of sp³-hybridized carbons (Fsp3) is 0.200. The van der Waals surface area contributed by atoms with Gasteiger partial charge in [-0.25, -0.2) is 9.59 Å². The lowest BCUT2D eigenvalue weighted by Gasteiger charge is -2.14. The van der Waals surface area contributed by atoms with Crippen molar-refractivity contribution in [3.05, 3.63) is 29.7 Å². The van der Waals surface area contributed by atoms with Crippen molar-refractivity contribution in [1.29, 1.82) is 0 Å². The molecule has 0 saturated heterocycles. The molecule has 2 rings (SSSR count). The van der Waals surface area contributed by atoms with Gasteiger partial charge >= 0.3 is 35.9 Å². The molecule has 36 heavy (non-hydrogen) atoms. The van der Waals surface area contributed by atoms with E-state index in [4.69, 9.17) is 30.2 Å². The largest absolute Gasteiger partial charge is 0.476 e. The van der Waals surface area contributed by atoms with Gasteiger partial charge in [0.25, 0.3) is 0 Å². The van der Waals surface area contributed by atoms with E-state index in [1.165, 1.54) is 0 Å². The van der Waals surface area contributed by atoms with Gasteiger partial charge < -0.3 is 28.6 Å². The number of hydrogen-bond donors (Lipinski definition) is 2. The SMILES string of the molecule is CC(=O)Oc1cc(C(=O)O/N=C(\C(=O)O)c2coc(NC(=O)CCl)n2)cc(OC(C)=O)c1OC(C)=O. The summed E-state index contributed by atoms with van der Waals surface area (Å²) in [5, 5.41) is 14.8. The number of benzene rings is 1. The molecule has 0 unspecified atom stereocenters. The summed E-state index contributed by atoms with van der Waals surface area (Å²) in [5.41, 5.74) is -1.76. The Bertz CT molecular complexity index is 1230. The third-order valence-electron chi connectivity index (χ3n) is 3.55. The molecule has 2 aromatic rings. The lowest BCUT2D eigenvalue weighted by molar-refractivity contribution is -0.135. The lowest BCUT2D eigenvalue weighted by Crippen LogP contribution is -2.18. The number of carboxylic acids is 1. The number of oxime groups is 1. The van der Waals surface area contributed by atoms with E-state index in [9.17, 15) is 33.9 Å². The summed E-state index contributed by atoms with van der Waals surface area (Å²) in [6.45, 7) is 3.05. The maximum absolute atomic E-state index is 12.6. The lowest BCUT2D eigenvalue weighted by atomic mass is 10.2. The van der Waals surface area contributed by atoms with Gasteiger partial charge in [-0.3, -0.25) is 24.5 Å². The van der Waals surface area contributed by atoms with Crippen LogP contribution in [0.2, 0.25) is 0 Å². The Morgan fingerprint density at radius 1 is 1.00 bits per heavy atom. The van der Waals surface area contributed by atoms with E-state index in [2.05, 4.69) is 20.3 Å². The molecule has 0 bridgehead atoms. The summed E-state index contributed by atoms with van der Waals surface area (Å²) in [4.78, 5) is 78.2. The molecule has 0 spiro atoms.